The number of anilines is 1. The van der Waals surface area contributed by atoms with E-state index in [0.717, 1.165) is 55.4 Å². The number of piperidine rings is 1. The minimum atomic E-state index is -0.223. The molecule has 0 aliphatic carbocycles. The Bertz CT molecular complexity index is 982. The van der Waals surface area contributed by atoms with Gasteiger partial charge in [-0.3, -0.25) is 9.36 Å². The number of nitrogen functional groups attached to an aromatic ring is 1. The van der Waals surface area contributed by atoms with Gasteiger partial charge in [0.2, 0.25) is 0 Å². The predicted octanol–water partition coefficient (Wildman–Crippen LogP) is 1.53. The SMILES string of the molecule is N=CCCN1CCC(n2c(=O)c(N)nc3cnc4[nH]ccc4c32)CC1. The van der Waals surface area contributed by atoms with Gasteiger partial charge in [0.25, 0.3) is 5.56 Å². The number of nitrogens with zero attached hydrogens (tertiary/aromatic N) is 4. The third kappa shape index (κ3) is 2.68. The fourth-order valence-electron chi connectivity index (χ4n) is 3.72. The zero-order valence-electron chi connectivity index (χ0n) is 13.9. The Morgan fingerprint density at radius 2 is 2.20 bits per heavy atom. The first kappa shape index (κ1) is 15.8. The maximum Gasteiger partial charge on any atom is 0.293 e. The molecule has 4 rings (SSSR count). The maximum atomic E-state index is 12.8. The van der Waals surface area contributed by atoms with Gasteiger partial charge < -0.3 is 21.0 Å². The van der Waals surface area contributed by atoms with Crippen LogP contribution in [-0.2, 0) is 0 Å². The van der Waals surface area contributed by atoms with Gasteiger partial charge in [0.1, 0.15) is 11.2 Å². The van der Waals surface area contributed by atoms with E-state index in [1.54, 1.807) is 6.20 Å². The average molecular weight is 339 g/mol. The molecule has 3 aromatic rings. The van der Waals surface area contributed by atoms with E-state index in [-0.39, 0.29) is 17.4 Å². The zero-order valence-corrected chi connectivity index (χ0v) is 13.9. The molecule has 8 heteroatoms. The highest BCUT2D eigenvalue weighted by Gasteiger charge is 2.24. The quantitative estimate of drug-likeness (QED) is 0.623. The molecule has 3 aromatic heterocycles. The topological polar surface area (TPSA) is 117 Å². The van der Waals surface area contributed by atoms with E-state index in [0.29, 0.717) is 5.52 Å². The Balaban J connectivity index is 1.78. The number of pyridine rings is 1. The zero-order chi connectivity index (χ0) is 17.4. The number of H-pyrrole nitrogens is 1. The summed E-state index contributed by atoms with van der Waals surface area (Å²) in [4.78, 5) is 26.8. The molecule has 0 aromatic carbocycles. The van der Waals surface area contributed by atoms with Crippen molar-refractivity contribution in [2.24, 2.45) is 0 Å². The summed E-state index contributed by atoms with van der Waals surface area (Å²) in [5.74, 6) is 0.0235. The van der Waals surface area contributed by atoms with E-state index in [1.807, 2.05) is 16.8 Å². The van der Waals surface area contributed by atoms with Crippen molar-refractivity contribution >= 4 is 34.1 Å². The van der Waals surface area contributed by atoms with Crippen molar-refractivity contribution in [1.82, 2.24) is 24.4 Å². The minimum Gasteiger partial charge on any atom is -0.379 e. The van der Waals surface area contributed by atoms with Crippen LogP contribution in [0.25, 0.3) is 22.1 Å². The molecule has 130 valence electrons. The van der Waals surface area contributed by atoms with Gasteiger partial charge in [-0.15, -0.1) is 0 Å². The van der Waals surface area contributed by atoms with Gasteiger partial charge in [-0.1, -0.05) is 0 Å². The van der Waals surface area contributed by atoms with Crippen molar-refractivity contribution in [3.8, 4) is 0 Å². The first-order valence-electron chi connectivity index (χ1n) is 8.54. The Labute approximate surface area is 144 Å². The number of likely N-dealkylation sites (tertiary alicyclic amines) is 1. The summed E-state index contributed by atoms with van der Waals surface area (Å²) >= 11 is 0. The van der Waals surface area contributed by atoms with Crippen molar-refractivity contribution in [2.75, 3.05) is 25.4 Å². The summed E-state index contributed by atoms with van der Waals surface area (Å²) in [7, 11) is 0. The molecule has 8 nitrogen and oxygen atoms in total. The number of hydrogen-bond donors (Lipinski definition) is 3. The summed E-state index contributed by atoms with van der Waals surface area (Å²) in [5, 5.41) is 8.07. The Hall–Kier alpha value is -2.74. The van der Waals surface area contributed by atoms with Crippen LogP contribution in [0.1, 0.15) is 25.3 Å². The summed E-state index contributed by atoms with van der Waals surface area (Å²) in [5.41, 5.74) is 7.87. The average Bonchev–Trinajstić information content (AvgIpc) is 3.11. The highest BCUT2D eigenvalue weighted by atomic mass is 16.1. The van der Waals surface area contributed by atoms with Crippen LogP contribution in [0.4, 0.5) is 5.82 Å². The Morgan fingerprint density at radius 1 is 1.40 bits per heavy atom. The molecule has 25 heavy (non-hydrogen) atoms. The van der Waals surface area contributed by atoms with E-state index in [9.17, 15) is 4.79 Å². The number of nitrogens with one attached hydrogen (secondary N) is 2. The van der Waals surface area contributed by atoms with Gasteiger partial charge in [0.05, 0.1) is 11.7 Å². The lowest BCUT2D eigenvalue weighted by atomic mass is 10.0. The second kappa shape index (κ2) is 6.29. The third-order valence-corrected chi connectivity index (χ3v) is 4.97. The molecule has 0 spiro atoms. The van der Waals surface area contributed by atoms with Gasteiger partial charge in [-0.25, -0.2) is 9.97 Å². The lowest BCUT2D eigenvalue weighted by Gasteiger charge is -2.33. The number of nitrogens with two attached hydrogens (primary N) is 1. The van der Waals surface area contributed by atoms with Crippen LogP contribution in [-0.4, -0.2) is 50.3 Å². The van der Waals surface area contributed by atoms with E-state index in [2.05, 4.69) is 19.9 Å². The molecule has 0 amide bonds. The van der Waals surface area contributed by atoms with Crippen molar-refractivity contribution in [3.05, 3.63) is 28.8 Å². The molecule has 0 saturated carbocycles. The van der Waals surface area contributed by atoms with Gasteiger partial charge in [-0.2, -0.15) is 0 Å². The van der Waals surface area contributed by atoms with Crippen molar-refractivity contribution in [1.29, 1.82) is 5.41 Å². The molecule has 4 heterocycles. The van der Waals surface area contributed by atoms with E-state index in [1.165, 1.54) is 6.21 Å². The van der Waals surface area contributed by atoms with Crippen LogP contribution >= 0.6 is 0 Å². The molecule has 1 aliphatic heterocycles. The first-order chi connectivity index (χ1) is 12.2. The number of aromatic amines is 1. The number of fused-ring (bicyclic) bond motifs is 3. The highest BCUT2D eigenvalue weighted by Crippen LogP contribution is 2.28. The molecule has 4 N–H and O–H groups in total. The van der Waals surface area contributed by atoms with Crippen LogP contribution in [0, 0.1) is 5.41 Å². The highest BCUT2D eigenvalue weighted by molar-refractivity contribution is 6.01. The standard InChI is InChI=1S/C17H21N7O/c18-5-1-7-23-8-3-11(4-9-23)24-14-12-2-6-20-16(12)21-10-13(14)22-15(19)17(24)25/h2,5-6,10-11,18H,1,3-4,7-9H2,(H2,19,22)(H,20,21). The lowest BCUT2D eigenvalue weighted by Crippen LogP contribution is -2.38. The van der Waals surface area contributed by atoms with E-state index in [4.69, 9.17) is 11.1 Å². The second-order valence-electron chi connectivity index (χ2n) is 6.47. The number of aromatic nitrogens is 4. The molecule has 0 unspecified atom stereocenters. The molecule has 0 radical (unpaired) electrons. The summed E-state index contributed by atoms with van der Waals surface area (Å²) in [6.07, 6.45) is 7.46. The van der Waals surface area contributed by atoms with Gasteiger partial charge in [0.15, 0.2) is 5.82 Å². The van der Waals surface area contributed by atoms with Crippen LogP contribution in [0.3, 0.4) is 0 Å². The molecular weight excluding hydrogens is 318 g/mol. The summed E-state index contributed by atoms with van der Waals surface area (Å²) in [6, 6.07) is 2.02. The van der Waals surface area contributed by atoms with Crippen molar-refractivity contribution in [3.63, 3.8) is 0 Å². The lowest BCUT2D eigenvalue weighted by molar-refractivity contribution is 0.191. The van der Waals surface area contributed by atoms with Crippen molar-refractivity contribution in [2.45, 2.75) is 25.3 Å². The largest absolute Gasteiger partial charge is 0.379 e. The fourth-order valence-corrected chi connectivity index (χ4v) is 3.72. The summed E-state index contributed by atoms with van der Waals surface area (Å²) < 4.78 is 1.82. The predicted molar refractivity (Wildman–Crippen MR) is 98.2 cm³/mol. The van der Waals surface area contributed by atoms with Crippen LogP contribution in [0.2, 0.25) is 0 Å². The van der Waals surface area contributed by atoms with E-state index < -0.39 is 0 Å². The molecule has 0 atom stereocenters. The molecule has 0 bridgehead atoms. The number of rotatable bonds is 4. The Kier molecular flexibility index (Phi) is 3.96. The summed E-state index contributed by atoms with van der Waals surface area (Å²) in [6.45, 7) is 2.72. The Morgan fingerprint density at radius 3 is 2.96 bits per heavy atom. The van der Waals surface area contributed by atoms with E-state index >= 15 is 0 Å². The smallest absolute Gasteiger partial charge is 0.293 e. The monoisotopic (exact) mass is 339 g/mol. The van der Waals surface area contributed by atoms with Crippen LogP contribution in [0.15, 0.2) is 23.3 Å². The molecule has 1 aliphatic rings. The van der Waals surface area contributed by atoms with Gasteiger partial charge >= 0.3 is 0 Å². The van der Waals surface area contributed by atoms with Crippen LogP contribution in [0.5, 0.6) is 0 Å². The molecule has 1 fully saturated rings. The molecular formula is C17H21N7O. The van der Waals surface area contributed by atoms with Crippen molar-refractivity contribution < 1.29 is 0 Å². The first-order valence-corrected chi connectivity index (χ1v) is 8.54. The van der Waals surface area contributed by atoms with Crippen LogP contribution < -0.4 is 11.3 Å². The minimum absolute atomic E-state index is 0.0235. The maximum absolute atomic E-state index is 12.8. The van der Waals surface area contributed by atoms with Gasteiger partial charge in [0, 0.05) is 37.3 Å². The number of hydrogen-bond acceptors (Lipinski definition) is 6. The second-order valence-corrected chi connectivity index (χ2v) is 6.47. The fraction of sp³-hybridized carbons (Fsp3) is 0.412. The molecule has 1 saturated heterocycles. The van der Waals surface area contributed by atoms with Gasteiger partial charge in [-0.05, 0) is 31.5 Å². The normalized spacial score (nSPS) is 16.6. The third-order valence-electron chi connectivity index (χ3n) is 4.97.